The summed E-state index contributed by atoms with van der Waals surface area (Å²) in [6.07, 6.45) is 0. The van der Waals surface area contributed by atoms with Crippen molar-refractivity contribution >= 4 is 40.5 Å². The van der Waals surface area contributed by atoms with E-state index in [2.05, 4.69) is 0 Å². The predicted octanol–water partition coefficient (Wildman–Crippen LogP) is -0.00720. The van der Waals surface area contributed by atoms with Crippen molar-refractivity contribution in [1.82, 2.24) is 0 Å². The first-order valence-corrected chi connectivity index (χ1v) is 0. The van der Waals surface area contributed by atoms with Gasteiger partial charge in [0.05, 0.1) is 0 Å². The van der Waals surface area contributed by atoms with Crippen LogP contribution in [-0.4, -0.2) is 0 Å². The third kappa shape index (κ3) is 18.4. The Morgan fingerprint density at radius 3 is 0.600 bits per heavy atom. The molecule has 0 N–H and O–H groups in total. The smallest absolute Gasteiger partial charge is 2.00 e. The van der Waals surface area contributed by atoms with Gasteiger partial charge >= 0.3 is 77.3 Å². The summed E-state index contributed by atoms with van der Waals surface area (Å²) in [6.45, 7) is 0. The zero-order chi connectivity index (χ0) is 0. The van der Waals surface area contributed by atoms with Gasteiger partial charge in [0.1, 0.15) is 0 Å². The molecule has 0 atom stereocenters. The van der Waals surface area contributed by atoms with Crippen LogP contribution in [0.3, 0.4) is 0 Å². The molecular weight excluding hydrogens is 375 g/mol. The first-order chi connectivity index (χ1) is 0. The van der Waals surface area contributed by atoms with Gasteiger partial charge in [0.25, 0.3) is 0 Å². The molecule has 0 fully saturated rings. The van der Waals surface area contributed by atoms with Gasteiger partial charge in [-0.25, -0.2) is 0 Å². The Morgan fingerprint density at radius 2 is 0.600 bits per heavy atom. The van der Waals surface area contributed by atoms with Crippen molar-refractivity contribution in [3.05, 3.63) is 0 Å². The third-order valence-electron chi connectivity index (χ3n) is 0. The Bertz CT molecular complexity index is 6.85. The van der Waals surface area contributed by atoms with Gasteiger partial charge in [-0.15, -0.1) is 0 Å². The number of hydrogen-bond donors (Lipinski definition) is 0. The molecule has 0 saturated carbocycles. The normalized spacial score (nSPS) is 0. The van der Waals surface area contributed by atoms with E-state index < -0.39 is 0 Å². The fourth-order valence-electron chi connectivity index (χ4n) is 0. The fourth-order valence-corrected chi connectivity index (χ4v) is 0. The summed E-state index contributed by atoms with van der Waals surface area (Å²) in [6, 6.07) is 0. The molecule has 0 unspecified atom stereocenters. The van der Waals surface area contributed by atoms with Gasteiger partial charge in [-0.05, 0) is 0 Å². The van der Waals surface area contributed by atoms with Crippen molar-refractivity contribution < 1.29 is 77.3 Å². The van der Waals surface area contributed by atoms with Gasteiger partial charge in [-0.3, -0.25) is 0 Å². The second-order valence-corrected chi connectivity index (χ2v) is 0. The van der Waals surface area contributed by atoms with Gasteiger partial charge in [0.15, 0.2) is 0 Å². The zero-order valence-electron chi connectivity index (χ0n) is 2.30. The quantitative estimate of drug-likeness (QED) is 0.559. The number of hydrogen-bond acceptors (Lipinski definition) is 0. The van der Waals surface area contributed by atoms with Crippen LogP contribution in [0.15, 0.2) is 0 Å². The van der Waals surface area contributed by atoms with E-state index in [-0.39, 0.29) is 118 Å². The Kier molecular flexibility index (Phi) is 195. The number of rotatable bonds is 0. The van der Waals surface area contributed by atoms with Crippen molar-refractivity contribution in [3.63, 3.8) is 0 Å². The van der Waals surface area contributed by atoms with Crippen LogP contribution >= 0.6 is 0 Å². The topological polar surface area (TPSA) is 0 Å². The molecule has 5 heteroatoms. The van der Waals surface area contributed by atoms with Crippen LogP contribution in [0.25, 0.3) is 0 Å². The summed E-state index contributed by atoms with van der Waals surface area (Å²) in [7, 11) is 0. The Morgan fingerprint density at radius 1 is 0.600 bits per heavy atom. The fraction of sp³-hybridized carbons (Fsp3) is 0. The minimum atomic E-state index is 0. The summed E-state index contributed by atoms with van der Waals surface area (Å²) in [5.41, 5.74) is 0. The SMILES string of the molecule is [Ce+3].[La+3].[S-2].[S-2].[S-2]. The molecule has 0 aliphatic rings. The van der Waals surface area contributed by atoms with Crippen LogP contribution in [0, 0.1) is 77.3 Å². The summed E-state index contributed by atoms with van der Waals surface area (Å²) < 4.78 is 0. The van der Waals surface area contributed by atoms with E-state index in [0.717, 1.165) is 0 Å². The van der Waals surface area contributed by atoms with Crippen LogP contribution in [-0.2, 0) is 40.5 Å². The van der Waals surface area contributed by atoms with Crippen molar-refractivity contribution in [2.75, 3.05) is 0 Å². The molecule has 0 aromatic heterocycles. The minimum Gasteiger partial charge on any atom is -2.00 e. The van der Waals surface area contributed by atoms with E-state index in [1.165, 1.54) is 0 Å². The molecule has 0 aromatic carbocycles. The second-order valence-electron chi connectivity index (χ2n) is 0. The molecule has 1 radical (unpaired) electrons. The zero-order valence-corrected chi connectivity index (χ0v) is 11.5. The van der Waals surface area contributed by atoms with E-state index in [0.29, 0.717) is 0 Å². The van der Waals surface area contributed by atoms with Gasteiger partial charge in [-0.1, -0.05) is 0 Å². The maximum Gasteiger partial charge on any atom is 3.00 e. The molecule has 0 aliphatic carbocycles. The molecule has 0 heterocycles. The van der Waals surface area contributed by atoms with Crippen molar-refractivity contribution in [2.45, 2.75) is 0 Å². The Labute approximate surface area is 115 Å². The Balaban J connectivity index is 0. The van der Waals surface area contributed by atoms with E-state index in [9.17, 15) is 0 Å². The van der Waals surface area contributed by atoms with Crippen LogP contribution in [0.1, 0.15) is 0 Å². The summed E-state index contributed by atoms with van der Waals surface area (Å²) >= 11 is 0. The molecule has 0 aliphatic heterocycles. The summed E-state index contributed by atoms with van der Waals surface area (Å²) in [5.74, 6) is 0. The van der Waals surface area contributed by atoms with Crippen LogP contribution in [0.4, 0.5) is 0 Å². The standard InChI is InChI=1S/Ce.La.3S/q2*+3;3*-2. The van der Waals surface area contributed by atoms with Crippen LogP contribution in [0.2, 0.25) is 0 Å². The predicted molar refractivity (Wildman–Crippen MR) is 22.1 cm³/mol. The molecule has 0 aromatic rings. The van der Waals surface area contributed by atoms with Crippen molar-refractivity contribution in [2.24, 2.45) is 0 Å². The molecule has 5 heavy (non-hydrogen) atoms. The van der Waals surface area contributed by atoms with E-state index in [1.807, 2.05) is 0 Å². The molecule has 0 spiro atoms. The Hall–Kier alpha value is 3.62. The van der Waals surface area contributed by atoms with Gasteiger partial charge < -0.3 is 40.5 Å². The monoisotopic (exact) mass is 375 g/mol. The maximum absolute atomic E-state index is 0. The first kappa shape index (κ1) is 38.2. The summed E-state index contributed by atoms with van der Waals surface area (Å²) in [4.78, 5) is 0. The molecule has 0 rings (SSSR count). The van der Waals surface area contributed by atoms with E-state index in [4.69, 9.17) is 0 Å². The van der Waals surface area contributed by atoms with Crippen LogP contribution < -0.4 is 0 Å². The minimum absolute atomic E-state index is 0. The van der Waals surface area contributed by atoms with Gasteiger partial charge in [-0.2, -0.15) is 0 Å². The van der Waals surface area contributed by atoms with Gasteiger partial charge in [0.2, 0.25) is 0 Å². The largest absolute Gasteiger partial charge is 3.00 e. The third-order valence-corrected chi connectivity index (χ3v) is 0. The van der Waals surface area contributed by atoms with E-state index >= 15 is 0 Å². The second kappa shape index (κ2) is 25.5. The molecule has 0 bridgehead atoms. The molecule has 0 nitrogen and oxygen atoms in total. The average Bonchev–Trinajstić information content (AvgIpc) is 0. The summed E-state index contributed by atoms with van der Waals surface area (Å²) in [5, 5.41) is 0. The van der Waals surface area contributed by atoms with Crippen LogP contribution in [0.5, 0.6) is 0 Å². The van der Waals surface area contributed by atoms with Crippen molar-refractivity contribution in [1.29, 1.82) is 0 Å². The van der Waals surface area contributed by atoms with Gasteiger partial charge in [0, 0.05) is 0 Å². The first-order valence-electron chi connectivity index (χ1n) is 0. The maximum atomic E-state index is 0. The average molecular weight is 375 g/mol. The molecular formula is CeLaS3. The van der Waals surface area contributed by atoms with E-state index in [1.54, 1.807) is 0 Å². The molecule has 0 saturated heterocycles. The molecule has 25 valence electrons. The molecule has 0 amide bonds. The van der Waals surface area contributed by atoms with Crippen molar-refractivity contribution in [3.8, 4) is 0 Å².